The zero-order valence-corrected chi connectivity index (χ0v) is 13.1. The maximum absolute atomic E-state index is 4.23. The zero-order chi connectivity index (χ0) is 13.7. The van der Waals surface area contributed by atoms with Crippen LogP contribution in [0.15, 0.2) is 33.8 Å². The van der Waals surface area contributed by atoms with E-state index in [0.29, 0.717) is 5.92 Å². The first kappa shape index (κ1) is 14.5. The topological polar surface area (TPSA) is 37.8 Å². The Bertz CT molecular complexity index is 509. The Kier molecular flexibility index (Phi) is 5.36. The number of rotatable bonds is 6. The number of nitrogens with zero attached hydrogens (tertiary/aromatic N) is 2. The highest BCUT2D eigenvalue weighted by atomic mass is 32.2. The van der Waals surface area contributed by atoms with Crippen LogP contribution in [0.5, 0.6) is 0 Å². The maximum Gasteiger partial charge on any atom is 0.174 e. The molecule has 0 spiro atoms. The quantitative estimate of drug-likeness (QED) is 0.880. The monoisotopic (exact) mass is 293 g/mol. The summed E-state index contributed by atoms with van der Waals surface area (Å²) in [5.41, 5.74) is 2.63. The number of aryl methyl sites for hydroxylation is 1. The molecule has 2 rings (SSSR count). The molecule has 102 valence electrons. The molecule has 5 heteroatoms. The van der Waals surface area contributed by atoms with Gasteiger partial charge in [0.05, 0.1) is 0 Å². The summed E-state index contributed by atoms with van der Waals surface area (Å²) in [7, 11) is 0. The van der Waals surface area contributed by atoms with Gasteiger partial charge in [0, 0.05) is 11.4 Å². The molecule has 0 aliphatic carbocycles. The smallest absolute Gasteiger partial charge is 0.174 e. The first-order chi connectivity index (χ1) is 9.15. The van der Waals surface area contributed by atoms with Crippen LogP contribution in [0.25, 0.3) is 0 Å². The lowest BCUT2D eigenvalue weighted by Gasteiger charge is -2.11. The van der Waals surface area contributed by atoms with Crippen molar-refractivity contribution in [3.8, 4) is 0 Å². The van der Waals surface area contributed by atoms with E-state index >= 15 is 0 Å². The van der Waals surface area contributed by atoms with Gasteiger partial charge in [0.1, 0.15) is 6.33 Å². The number of benzene rings is 1. The average Bonchev–Trinajstić information content (AvgIpc) is 2.85. The molecule has 1 heterocycles. The van der Waals surface area contributed by atoms with Gasteiger partial charge < -0.3 is 5.32 Å². The molecule has 0 saturated carbocycles. The Labute approximate surface area is 123 Å². The van der Waals surface area contributed by atoms with E-state index in [9.17, 15) is 0 Å². The third-order valence-corrected chi connectivity index (χ3v) is 4.46. The number of hydrogen-bond acceptors (Lipinski definition) is 5. The molecular formula is C14H19N3S2. The van der Waals surface area contributed by atoms with Gasteiger partial charge in [-0.05, 0) is 42.5 Å². The molecule has 0 fully saturated rings. The van der Waals surface area contributed by atoms with Gasteiger partial charge in [0.15, 0.2) is 4.34 Å². The summed E-state index contributed by atoms with van der Waals surface area (Å²) in [6, 6.07) is 6.57. The molecule has 2 aromatic rings. The molecular weight excluding hydrogens is 274 g/mol. The summed E-state index contributed by atoms with van der Waals surface area (Å²) in [4.78, 5) is 5.50. The summed E-state index contributed by atoms with van der Waals surface area (Å²) in [6.45, 7) is 8.52. The molecule has 0 atom stereocenters. The second-order valence-corrected chi connectivity index (χ2v) is 7.01. The van der Waals surface area contributed by atoms with Crippen LogP contribution in [-0.4, -0.2) is 15.9 Å². The first-order valence-electron chi connectivity index (χ1n) is 6.40. The van der Waals surface area contributed by atoms with Crippen molar-refractivity contribution < 1.29 is 0 Å². The van der Waals surface area contributed by atoms with Crippen molar-refractivity contribution in [1.29, 1.82) is 0 Å². The summed E-state index contributed by atoms with van der Waals surface area (Å²) in [5, 5.41) is 3.50. The van der Waals surface area contributed by atoms with Gasteiger partial charge in [0.2, 0.25) is 0 Å². The molecule has 0 radical (unpaired) electrons. The summed E-state index contributed by atoms with van der Waals surface area (Å²) in [5.74, 6) is 0.670. The molecule has 0 unspecified atom stereocenters. The molecule has 0 aliphatic heterocycles. The Morgan fingerprint density at radius 1 is 1.37 bits per heavy atom. The molecule has 1 aromatic carbocycles. The highest BCUT2D eigenvalue weighted by molar-refractivity contribution is 8.01. The largest absolute Gasteiger partial charge is 0.312 e. The summed E-state index contributed by atoms with van der Waals surface area (Å²) in [6.07, 6.45) is 1.61. The van der Waals surface area contributed by atoms with E-state index in [0.717, 1.165) is 17.4 Å². The highest BCUT2D eigenvalue weighted by Gasteiger charge is 2.07. The van der Waals surface area contributed by atoms with E-state index in [1.165, 1.54) is 27.6 Å². The Balaban J connectivity index is 2.08. The lowest BCUT2D eigenvalue weighted by atomic mass is 10.1. The van der Waals surface area contributed by atoms with Gasteiger partial charge >= 0.3 is 0 Å². The molecule has 19 heavy (non-hydrogen) atoms. The summed E-state index contributed by atoms with van der Waals surface area (Å²) >= 11 is 3.13. The van der Waals surface area contributed by atoms with Gasteiger partial charge in [-0.25, -0.2) is 4.98 Å². The van der Waals surface area contributed by atoms with Gasteiger partial charge in [0.25, 0.3) is 0 Å². The SMILES string of the molecule is Cc1ccc(Sc2ncns2)c(CNCC(C)C)c1. The minimum atomic E-state index is 0.670. The van der Waals surface area contributed by atoms with E-state index in [-0.39, 0.29) is 0 Å². The Morgan fingerprint density at radius 2 is 2.21 bits per heavy atom. The van der Waals surface area contributed by atoms with E-state index in [1.54, 1.807) is 18.1 Å². The zero-order valence-electron chi connectivity index (χ0n) is 11.5. The van der Waals surface area contributed by atoms with Crippen molar-refractivity contribution in [3.63, 3.8) is 0 Å². The third-order valence-electron chi connectivity index (χ3n) is 2.62. The van der Waals surface area contributed by atoms with Gasteiger partial charge in [-0.2, -0.15) is 4.37 Å². The van der Waals surface area contributed by atoms with Gasteiger partial charge in [-0.1, -0.05) is 43.3 Å². The molecule has 3 nitrogen and oxygen atoms in total. The van der Waals surface area contributed by atoms with Crippen molar-refractivity contribution in [1.82, 2.24) is 14.7 Å². The van der Waals surface area contributed by atoms with E-state index in [1.807, 2.05) is 0 Å². The minimum Gasteiger partial charge on any atom is -0.312 e. The third kappa shape index (κ3) is 4.60. The maximum atomic E-state index is 4.23. The van der Waals surface area contributed by atoms with Crippen molar-refractivity contribution in [2.24, 2.45) is 5.92 Å². The van der Waals surface area contributed by atoms with Crippen molar-refractivity contribution in [3.05, 3.63) is 35.7 Å². The van der Waals surface area contributed by atoms with Crippen LogP contribution in [0.2, 0.25) is 0 Å². The van der Waals surface area contributed by atoms with Crippen LogP contribution in [0, 0.1) is 12.8 Å². The van der Waals surface area contributed by atoms with Crippen LogP contribution in [0.3, 0.4) is 0 Å². The fraction of sp³-hybridized carbons (Fsp3) is 0.429. The second kappa shape index (κ2) is 7.03. The predicted molar refractivity (Wildman–Crippen MR) is 81.8 cm³/mol. The van der Waals surface area contributed by atoms with Crippen molar-refractivity contribution in [2.45, 2.75) is 36.6 Å². The molecule has 0 bridgehead atoms. The molecule has 0 aliphatic rings. The van der Waals surface area contributed by atoms with Crippen molar-refractivity contribution >= 4 is 23.3 Å². The van der Waals surface area contributed by atoms with Crippen LogP contribution >= 0.6 is 23.3 Å². The number of nitrogens with one attached hydrogen (secondary N) is 1. The first-order valence-corrected chi connectivity index (χ1v) is 7.99. The summed E-state index contributed by atoms with van der Waals surface area (Å²) < 4.78 is 5.04. The van der Waals surface area contributed by atoms with Crippen molar-refractivity contribution in [2.75, 3.05) is 6.54 Å². The predicted octanol–water partition coefficient (Wildman–Crippen LogP) is 3.74. The van der Waals surface area contributed by atoms with Crippen LogP contribution in [0.1, 0.15) is 25.0 Å². The lowest BCUT2D eigenvalue weighted by molar-refractivity contribution is 0.550. The fourth-order valence-corrected chi connectivity index (χ4v) is 3.26. The Hall–Kier alpha value is -0.910. The van der Waals surface area contributed by atoms with E-state index in [4.69, 9.17) is 0 Å². The highest BCUT2D eigenvalue weighted by Crippen LogP contribution is 2.31. The average molecular weight is 293 g/mol. The van der Waals surface area contributed by atoms with Gasteiger partial charge in [-0.3, -0.25) is 0 Å². The van der Waals surface area contributed by atoms with Crippen LogP contribution in [-0.2, 0) is 6.54 Å². The second-order valence-electron chi connectivity index (χ2n) is 4.95. The number of aromatic nitrogens is 2. The molecule has 1 N–H and O–H groups in total. The lowest BCUT2D eigenvalue weighted by Crippen LogP contribution is -2.19. The molecule has 0 saturated heterocycles. The number of hydrogen-bond donors (Lipinski definition) is 1. The van der Waals surface area contributed by atoms with E-state index in [2.05, 4.69) is 53.6 Å². The Morgan fingerprint density at radius 3 is 2.89 bits per heavy atom. The minimum absolute atomic E-state index is 0.670. The standard InChI is InChI=1S/C14H19N3S2/c1-10(2)7-15-8-12-6-11(3)4-5-13(12)18-14-16-9-17-19-14/h4-6,9-10,15H,7-8H2,1-3H3. The van der Waals surface area contributed by atoms with Crippen LogP contribution < -0.4 is 5.32 Å². The molecule has 1 aromatic heterocycles. The van der Waals surface area contributed by atoms with E-state index < -0.39 is 0 Å². The van der Waals surface area contributed by atoms with Crippen LogP contribution in [0.4, 0.5) is 0 Å². The molecule has 0 amide bonds. The normalized spacial score (nSPS) is 11.2. The van der Waals surface area contributed by atoms with Gasteiger partial charge in [-0.15, -0.1) is 0 Å². The fourth-order valence-electron chi connectivity index (χ4n) is 1.74.